The molecule has 0 spiro atoms. The Morgan fingerprint density at radius 1 is 1.10 bits per heavy atom. The lowest BCUT2D eigenvalue weighted by molar-refractivity contribution is 0.251. The van der Waals surface area contributed by atoms with Crippen molar-refractivity contribution >= 4 is 0 Å². The lowest BCUT2D eigenvalue weighted by atomic mass is 10.1. The van der Waals surface area contributed by atoms with Gasteiger partial charge in [0.1, 0.15) is 23.8 Å². The largest absolute Gasteiger partial charge is 0.496 e. The molecule has 0 saturated carbocycles. The second-order valence-electron chi connectivity index (χ2n) is 4.66. The Balaban J connectivity index is 2.18. The molecule has 1 heterocycles. The maximum absolute atomic E-state index is 9.32. The molecule has 0 saturated heterocycles. The number of benzene rings is 1. The van der Waals surface area contributed by atoms with E-state index in [9.17, 15) is 5.11 Å². The van der Waals surface area contributed by atoms with Crippen LogP contribution in [-0.4, -0.2) is 17.2 Å². The highest BCUT2D eigenvalue weighted by atomic mass is 16.5. The number of nitrogens with zero attached hydrogens (tertiary/aromatic N) is 1. The number of rotatable bonds is 5. The van der Waals surface area contributed by atoms with Gasteiger partial charge in [-0.2, -0.15) is 0 Å². The lowest BCUT2D eigenvalue weighted by Gasteiger charge is -2.13. The van der Waals surface area contributed by atoms with E-state index >= 15 is 0 Å². The molecule has 4 heteroatoms. The summed E-state index contributed by atoms with van der Waals surface area (Å²) in [4.78, 5) is 4.26. The molecule has 20 heavy (non-hydrogen) atoms. The van der Waals surface area contributed by atoms with Gasteiger partial charge in [0.15, 0.2) is 0 Å². The number of methoxy groups -OCH3 is 1. The van der Waals surface area contributed by atoms with Crippen molar-refractivity contribution in [3.63, 3.8) is 0 Å². The number of aliphatic hydroxyl groups is 1. The molecule has 0 aliphatic heterocycles. The Labute approximate surface area is 119 Å². The number of aryl methyl sites for hydroxylation is 2. The van der Waals surface area contributed by atoms with Crippen LogP contribution in [0.25, 0.3) is 0 Å². The number of aliphatic hydroxyl groups excluding tert-OH is 1. The second kappa shape index (κ2) is 6.39. The van der Waals surface area contributed by atoms with E-state index in [1.807, 2.05) is 44.2 Å². The number of hydrogen-bond acceptors (Lipinski definition) is 4. The van der Waals surface area contributed by atoms with Gasteiger partial charge >= 0.3 is 0 Å². The maximum Gasteiger partial charge on any atom is 0.143 e. The highest BCUT2D eigenvalue weighted by molar-refractivity contribution is 5.37. The summed E-state index contributed by atoms with van der Waals surface area (Å²) < 4.78 is 11.1. The summed E-state index contributed by atoms with van der Waals surface area (Å²) in [6.07, 6.45) is 0. The minimum Gasteiger partial charge on any atom is -0.496 e. The first kappa shape index (κ1) is 14.3. The van der Waals surface area contributed by atoms with Gasteiger partial charge in [0, 0.05) is 11.3 Å². The Hall–Kier alpha value is -2.07. The number of pyridine rings is 1. The lowest BCUT2D eigenvalue weighted by Crippen LogP contribution is -2.03. The molecule has 106 valence electrons. The predicted octanol–water partition coefficient (Wildman–Crippen LogP) is 2.78. The van der Waals surface area contributed by atoms with E-state index in [0.29, 0.717) is 18.1 Å². The fourth-order valence-corrected chi connectivity index (χ4v) is 2.02. The smallest absolute Gasteiger partial charge is 0.143 e. The highest BCUT2D eigenvalue weighted by Crippen LogP contribution is 2.23. The molecule has 0 unspecified atom stereocenters. The minimum atomic E-state index is -0.137. The molecule has 1 aromatic carbocycles. The van der Waals surface area contributed by atoms with Gasteiger partial charge in [0.05, 0.1) is 13.7 Å². The van der Waals surface area contributed by atoms with E-state index in [-0.39, 0.29) is 6.61 Å². The quantitative estimate of drug-likeness (QED) is 0.910. The van der Waals surface area contributed by atoms with Crippen LogP contribution < -0.4 is 9.47 Å². The van der Waals surface area contributed by atoms with E-state index in [4.69, 9.17) is 9.47 Å². The fourth-order valence-electron chi connectivity index (χ4n) is 2.02. The van der Waals surface area contributed by atoms with Crippen LogP contribution in [0.5, 0.6) is 11.5 Å². The molecule has 0 aliphatic rings. The summed E-state index contributed by atoms with van der Waals surface area (Å²) in [5.41, 5.74) is 3.52. The number of ether oxygens (including phenoxy) is 2. The summed E-state index contributed by atoms with van der Waals surface area (Å²) in [5.74, 6) is 1.39. The Bertz CT molecular complexity index is 596. The Morgan fingerprint density at radius 2 is 1.85 bits per heavy atom. The topological polar surface area (TPSA) is 51.6 Å². The van der Waals surface area contributed by atoms with Crippen LogP contribution in [0.1, 0.15) is 22.5 Å². The molecule has 0 atom stereocenters. The van der Waals surface area contributed by atoms with Crippen molar-refractivity contribution in [2.45, 2.75) is 27.1 Å². The summed E-state index contributed by atoms with van der Waals surface area (Å²) >= 11 is 0. The van der Waals surface area contributed by atoms with E-state index in [0.717, 1.165) is 22.6 Å². The van der Waals surface area contributed by atoms with Crippen LogP contribution >= 0.6 is 0 Å². The molecule has 0 fully saturated rings. The zero-order valence-electron chi connectivity index (χ0n) is 12.0. The average molecular weight is 273 g/mol. The number of hydrogen-bond donors (Lipinski definition) is 1. The van der Waals surface area contributed by atoms with E-state index < -0.39 is 0 Å². The SMILES string of the molecule is COc1ccc(C)cc1COc1ccc(C)nc1CO. The number of aromatic nitrogens is 1. The highest BCUT2D eigenvalue weighted by Gasteiger charge is 2.08. The van der Waals surface area contributed by atoms with Gasteiger partial charge in [0.25, 0.3) is 0 Å². The zero-order chi connectivity index (χ0) is 14.5. The second-order valence-corrected chi connectivity index (χ2v) is 4.66. The van der Waals surface area contributed by atoms with Crippen LogP contribution in [0.4, 0.5) is 0 Å². The molecular formula is C16H19NO3. The Morgan fingerprint density at radius 3 is 2.55 bits per heavy atom. The van der Waals surface area contributed by atoms with Crippen LogP contribution in [0.15, 0.2) is 30.3 Å². The van der Waals surface area contributed by atoms with Crippen molar-refractivity contribution in [2.75, 3.05) is 7.11 Å². The van der Waals surface area contributed by atoms with Gasteiger partial charge in [-0.25, -0.2) is 0 Å². The van der Waals surface area contributed by atoms with Gasteiger partial charge in [-0.15, -0.1) is 0 Å². The maximum atomic E-state index is 9.32. The molecule has 4 nitrogen and oxygen atoms in total. The first-order chi connectivity index (χ1) is 9.63. The van der Waals surface area contributed by atoms with Crippen molar-refractivity contribution < 1.29 is 14.6 Å². The van der Waals surface area contributed by atoms with Gasteiger partial charge in [-0.05, 0) is 38.1 Å². The first-order valence-electron chi connectivity index (χ1n) is 6.47. The van der Waals surface area contributed by atoms with Crippen molar-refractivity contribution in [3.8, 4) is 11.5 Å². The molecule has 0 amide bonds. The van der Waals surface area contributed by atoms with Crippen LogP contribution in [0, 0.1) is 13.8 Å². The normalized spacial score (nSPS) is 10.4. The minimum absolute atomic E-state index is 0.137. The van der Waals surface area contributed by atoms with Gasteiger partial charge < -0.3 is 14.6 Å². The third kappa shape index (κ3) is 3.27. The van der Waals surface area contributed by atoms with Gasteiger partial charge in [-0.1, -0.05) is 11.6 Å². The van der Waals surface area contributed by atoms with Crippen molar-refractivity contribution in [1.82, 2.24) is 4.98 Å². The predicted molar refractivity (Wildman–Crippen MR) is 77.0 cm³/mol. The Kier molecular flexibility index (Phi) is 4.58. The molecule has 2 aromatic rings. The van der Waals surface area contributed by atoms with Gasteiger partial charge in [-0.3, -0.25) is 4.98 Å². The summed E-state index contributed by atoms with van der Waals surface area (Å²) in [5, 5.41) is 9.32. The summed E-state index contributed by atoms with van der Waals surface area (Å²) in [7, 11) is 1.64. The standard InChI is InChI=1S/C16H19NO3/c1-11-4-6-15(19-3)13(8-11)10-20-16-7-5-12(2)17-14(16)9-18/h4-8,18H,9-10H2,1-3H3. The molecule has 1 aromatic heterocycles. The molecule has 1 N–H and O–H groups in total. The fraction of sp³-hybridized carbons (Fsp3) is 0.312. The van der Waals surface area contributed by atoms with Crippen molar-refractivity contribution in [3.05, 3.63) is 52.8 Å². The molecule has 0 aliphatic carbocycles. The molecule has 0 bridgehead atoms. The zero-order valence-corrected chi connectivity index (χ0v) is 12.0. The van der Waals surface area contributed by atoms with E-state index in [1.165, 1.54) is 0 Å². The van der Waals surface area contributed by atoms with Crippen LogP contribution in [-0.2, 0) is 13.2 Å². The third-order valence-corrected chi connectivity index (χ3v) is 3.04. The van der Waals surface area contributed by atoms with Crippen molar-refractivity contribution in [2.24, 2.45) is 0 Å². The van der Waals surface area contributed by atoms with E-state index in [1.54, 1.807) is 7.11 Å². The van der Waals surface area contributed by atoms with Crippen LogP contribution in [0.3, 0.4) is 0 Å². The van der Waals surface area contributed by atoms with E-state index in [2.05, 4.69) is 4.98 Å². The monoisotopic (exact) mass is 273 g/mol. The molecule has 0 radical (unpaired) electrons. The molecule has 2 rings (SSSR count). The van der Waals surface area contributed by atoms with Gasteiger partial charge in [0.2, 0.25) is 0 Å². The average Bonchev–Trinajstić information content (AvgIpc) is 2.46. The first-order valence-corrected chi connectivity index (χ1v) is 6.47. The van der Waals surface area contributed by atoms with Crippen molar-refractivity contribution in [1.29, 1.82) is 0 Å². The summed E-state index contributed by atoms with van der Waals surface area (Å²) in [6.45, 7) is 4.15. The summed E-state index contributed by atoms with van der Waals surface area (Å²) in [6, 6.07) is 9.64. The van der Waals surface area contributed by atoms with Crippen LogP contribution in [0.2, 0.25) is 0 Å². The molecular weight excluding hydrogens is 254 g/mol. The third-order valence-electron chi connectivity index (χ3n) is 3.04.